The average Bonchev–Trinajstić information content (AvgIpc) is 2.32. The van der Waals surface area contributed by atoms with E-state index in [4.69, 9.17) is 5.73 Å². The van der Waals surface area contributed by atoms with Gasteiger partial charge in [-0.3, -0.25) is 0 Å². The van der Waals surface area contributed by atoms with Gasteiger partial charge in [-0.25, -0.2) is 4.39 Å². The van der Waals surface area contributed by atoms with Gasteiger partial charge < -0.3 is 5.73 Å². The van der Waals surface area contributed by atoms with E-state index in [1.807, 2.05) is 20.8 Å². The summed E-state index contributed by atoms with van der Waals surface area (Å²) < 4.78 is 13.4. The summed E-state index contributed by atoms with van der Waals surface area (Å²) in [5.41, 5.74) is 5.88. The van der Waals surface area contributed by atoms with E-state index in [-0.39, 0.29) is 5.41 Å². The lowest BCUT2D eigenvalue weighted by Gasteiger charge is -2.33. The monoisotopic (exact) mass is 233 g/mol. The van der Waals surface area contributed by atoms with E-state index in [2.05, 4.69) is 13.8 Å². The number of alkyl halides is 1. The quantitative estimate of drug-likeness (QED) is 0.646. The number of hydrogen-bond acceptors (Lipinski definition) is 1. The third-order valence-corrected chi connectivity index (χ3v) is 3.09. The topological polar surface area (TPSA) is 26.0 Å². The van der Waals surface area contributed by atoms with Crippen LogP contribution in [0.25, 0.3) is 0 Å². The molecular weight excluding hydrogens is 201 g/mol. The Morgan fingerprint density at radius 1 is 1.06 bits per heavy atom. The zero-order chi connectivity index (χ0) is 13.0. The minimum atomic E-state index is -0.670. The fourth-order valence-corrected chi connectivity index (χ4v) is 2.29. The standard InChI is InChI=1S/C12H26FN.C2H6/c1-4-7-12(10-14,8-5-2)9-11(13)6-3;1-2/h11H,4-10,14H2,1-3H3;1-2H3. The molecule has 100 valence electrons. The number of rotatable bonds is 8. The molecule has 0 spiro atoms. The second-order valence-electron chi connectivity index (χ2n) is 4.41. The molecule has 0 aliphatic carbocycles. The van der Waals surface area contributed by atoms with Crippen LogP contribution >= 0.6 is 0 Å². The first-order valence-corrected chi connectivity index (χ1v) is 6.98. The van der Waals surface area contributed by atoms with Crippen LogP contribution in [-0.2, 0) is 0 Å². The molecule has 0 aromatic heterocycles. The minimum Gasteiger partial charge on any atom is -0.330 e. The molecule has 0 bridgehead atoms. The maximum Gasteiger partial charge on any atom is 0.100 e. The summed E-state index contributed by atoms with van der Waals surface area (Å²) in [7, 11) is 0. The fourth-order valence-electron chi connectivity index (χ4n) is 2.29. The van der Waals surface area contributed by atoms with Crippen molar-refractivity contribution in [2.75, 3.05) is 6.54 Å². The largest absolute Gasteiger partial charge is 0.330 e. The lowest BCUT2D eigenvalue weighted by atomic mass is 9.75. The lowest BCUT2D eigenvalue weighted by molar-refractivity contribution is 0.150. The predicted octanol–water partition coefficient (Wildman–Crippen LogP) is 4.70. The van der Waals surface area contributed by atoms with Crippen molar-refractivity contribution in [3.05, 3.63) is 0 Å². The Morgan fingerprint density at radius 3 is 1.75 bits per heavy atom. The predicted molar refractivity (Wildman–Crippen MR) is 72.5 cm³/mol. The second-order valence-corrected chi connectivity index (χ2v) is 4.41. The van der Waals surface area contributed by atoms with E-state index in [9.17, 15) is 4.39 Å². The molecule has 0 aliphatic heterocycles. The molecule has 0 rings (SSSR count). The van der Waals surface area contributed by atoms with Crippen molar-refractivity contribution in [3.8, 4) is 0 Å². The molecule has 0 fully saturated rings. The summed E-state index contributed by atoms with van der Waals surface area (Å²) in [5.74, 6) is 0. The molecule has 0 heterocycles. The highest BCUT2D eigenvalue weighted by Crippen LogP contribution is 2.35. The van der Waals surface area contributed by atoms with Gasteiger partial charge >= 0.3 is 0 Å². The van der Waals surface area contributed by atoms with Crippen LogP contribution < -0.4 is 5.73 Å². The maximum absolute atomic E-state index is 13.4. The molecule has 0 aliphatic rings. The Morgan fingerprint density at radius 2 is 1.50 bits per heavy atom. The van der Waals surface area contributed by atoms with Gasteiger partial charge in [-0.15, -0.1) is 0 Å². The molecule has 1 unspecified atom stereocenters. The van der Waals surface area contributed by atoms with Crippen LogP contribution in [-0.4, -0.2) is 12.7 Å². The molecule has 1 nitrogen and oxygen atoms in total. The number of nitrogens with two attached hydrogens (primary N) is 1. The normalized spacial score (nSPS) is 12.9. The summed E-state index contributed by atoms with van der Waals surface area (Å²) in [4.78, 5) is 0. The maximum atomic E-state index is 13.4. The summed E-state index contributed by atoms with van der Waals surface area (Å²) in [6, 6.07) is 0. The minimum absolute atomic E-state index is 0.0684. The van der Waals surface area contributed by atoms with Crippen molar-refractivity contribution in [2.24, 2.45) is 11.1 Å². The van der Waals surface area contributed by atoms with Crippen LogP contribution in [0.3, 0.4) is 0 Å². The highest BCUT2D eigenvalue weighted by atomic mass is 19.1. The Hall–Kier alpha value is -0.110. The van der Waals surface area contributed by atoms with Gasteiger partial charge in [-0.1, -0.05) is 47.5 Å². The molecule has 2 heteroatoms. The summed E-state index contributed by atoms with van der Waals surface area (Å²) in [5, 5.41) is 0. The molecule has 0 amide bonds. The van der Waals surface area contributed by atoms with Crippen LogP contribution in [0.2, 0.25) is 0 Å². The summed E-state index contributed by atoms with van der Waals surface area (Å²) in [6.07, 6.45) is 4.95. The number of hydrogen-bond donors (Lipinski definition) is 1. The molecule has 1 atom stereocenters. The zero-order valence-corrected chi connectivity index (χ0v) is 12.0. The first kappa shape index (κ1) is 18.3. The van der Waals surface area contributed by atoms with Crippen LogP contribution in [0.5, 0.6) is 0 Å². The van der Waals surface area contributed by atoms with Crippen molar-refractivity contribution >= 4 is 0 Å². The van der Waals surface area contributed by atoms with Crippen LogP contribution in [0, 0.1) is 5.41 Å². The van der Waals surface area contributed by atoms with Crippen molar-refractivity contribution in [3.63, 3.8) is 0 Å². The lowest BCUT2D eigenvalue weighted by Crippen LogP contribution is -2.33. The molecule has 16 heavy (non-hydrogen) atoms. The van der Waals surface area contributed by atoms with Gasteiger partial charge in [0.15, 0.2) is 0 Å². The van der Waals surface area contributed by atoms with Crippen LogP contribution in [0.15, 0.2) is 0 Å². The van der Waals surface area contributed by atoms with Gasteiger partial charge in [0.1, 0.15) is 6.17 Å². The first-order chi connectivity index (χ1) is 7.64. The van der Waals surface area contributed by atoms with E-state index in [0.29, 0.717) is 19.4 Å². The van der Waals surface area contributed by atoms with Crippen molar-refractivity contribution < 1.29 is 4.39 Å². The molecule has 0 saturated carbocycles. The van der Waals surface area contributed by atoms with Crippen LogP contribution in [0.1, 0.15) is 73.1 Å². The third-order valence-electron chi connectivity index (χ3n) is 3.09. The van der Waals surface area contributed by atoms with E-state index < -0.39 is 6.17 Å². The highest BCUT2D eigenvalue weighted by molar-refractivity contribution is 4.82. The Labute approximate surface area is 102 Å². The van der Waals surface area contributed by atoms with Crippen molar-refractivity contribution in [1.29, 1.82) is 0 Å². The smallest absolute Gasteiger partial charge is 0.100 e. The Bertz CT molecular complexity index is 131. The SMILES string of the molecule is CC.CCCC(CN)(CCC)CC(F)CC. The van der Waals surface area contributed by atoms with Crippen molar-refractivity contribution in [2.45, 2.75) is 79.3 Å². The van der Waals surface area contributed by atoms with E-state index in [0.717, 1.165) is 25.7 Å². The zero-order valence-electron chi connectivity index (χ0n) is 12.0. The molecule has 0 radical (unpaired) electrons. The molecular formula is C14H32FN. The molecule has 0 aromatic rings. The van der Waals surface area contributed by atoms with E-state index in [1.54, 1.807) is 0 Å². The van der Waals surface area contributed by atoms with Crippen molar-refractivity contribution in [1.82, 2.24) is 0 Å². The molecule has 2 N–H and O–H groups in total. The van der Waals surface area contributed by atoms with Gasteiger partial charge in [0.05, 0.1) is 0 Å². The van der Waals surface area contributed by atoms with Gasteiger partial charge in [-0.2, -0.15) is 0 Å². The average molecular weight is 233 g/mol. The van der Waals surface area contributed by atoms with E-state index >= 15 is 0 Å². The summed E-state index contributed by atoms with van der Waals surface area (Å²) >= 11 is 0. The van der Waals surface area contributed by atoms with Gasteiger partial charge in [0.25, 0.3) is 0 Å². The summed E-state index contributed by atoms with van der Waals surface area (Å²) in [6.45, 7) is 10.8. The third kappa shape index (κ3) is 7.21. The fraction of sp³-hybridized carbons (Fsp3) is 1.00. The van der Waals surface area contributed by atoms with E-state index in [1.165, 1.54) is 0 Å². The Balaban J connectivity index is 0. The second kappa shape index (κ2) is 11.4. The van der Waals surface area contributed by atoms with Gasteiger partial charge in [-0.05, 0) is 37.6 Å². The highest BCUT2D eigenvalue weighted by Gasteiger charge is 2.29. The van der Waals surface area contributed by atoms with Gasteiger partial charge in [0.2, 0.25) is 0 Å². The number of halogens is 1. The molecule has 0 saturated heterocycles. The van der Waals surface area contributed by atoms with Crippen LogP contribution in [0.4, 0.5) is 4.39 Å². The molecule has 0 aromatic carbocycles. The van der Waals surface area contributed by atoms with Gasteiger partial charge in [0, 0.05) is 0 Å². The first-order valence-electron chi connectivity index (χ1n) is 6.98. The Kier molecular flexibility index (Phi) is 13.0.